The largest absolute Gasteiger partial charge is 0.465 e. The van der Waals surface area contributed by atoms with Crippen LogP contribution in [0.2, 0.25) is 0 Å². The number of hydrogen-bond donors (Lipinski definition) is 1. The summed E-state index contributed by atoms with van der Waals surface area (Å²) in [4.78, 5) is 11.3. The lowest BCUT2D eigenvalue weighted by Crippen LogP contribution is -2.45. The van der Waals surface area contributed by atoms with Crippen molar-refractivity contribution in [3.63, 3.8) is 0 Å². The first kappa shape index (κ1) is 9.48. The molecule has 1 saturated heterocycles. The minimum atomic E-state index is -0.452. The molecule has 70 valence electrons. The van der Waals surface area contributed by atoms with E-state index >= 15 is 0 Å². The molecule has 0 bridgehead atoms. The zero-order chi connectivity index (χ0) is 9.19. The van der Waals surface area contributed by atoms with E-state index in [1.165, 1.54) is 0 Å². The van der Waals surface area contributed by atoms with Gasteiger partial charge in [0, 0.05) is 0 Å². The molecule has 0 spiro atoms. The first-order valence-corrected chi connectivity index (χ1v) is 4.12. The smallest absolute Gasteiger partial charge is 0.326 e. The van der Waals surface area contributed by atoms with Gasteiger partial charge in [-0.25, -0.2) is 0 Å². The second-order valence-corrected chi connectivity index (χ2v) is 3.28. The van der Waals surface area contributed by atoms with Gasteiger partial charge in [-0.05, 0) is 20.8 Å². The molecule has 1 rings (SSSR count). The molecule has 1 fully saturated rings. The first-order chi connectivity index (χ1) is 5.58. The van der Waals surface area contributed by atoms with Gasteiger partial charge in [0.1, 0.15) is 6.04 Å². The highest BCUT2D eigenvalue weighted by molar-refractivity contribution is 5.77. The minimum absolute atomic E-state index is 0.236. The van der Waals surface area contributed by atoms with Crippen LogP contribution in [0.25, 0.3) is 0 Å². The highest BCUT2D eigenvalue weighted by Crippen LogP contribution is 2.20. The van der Waals surface area contributed by atoms with Crippen molar-refractivity contribution in [2.45, 2.75) is 32.4 Å². The van der Waals surface area contributed by atoms with Crippen LogP contribution in [-0.2, 0) is 14.3 Å². The Bertz CT molecular complexity index is 179. The van der Waals surface area contributed by atoms with Gasteiger partial charge in [-0.15, -0.1) is 0 Å². The standard InChI is InChI=1S/C8H15NO3/c1-4-11-7(10)6-8(2,3)12-5-9-6/h6,9H,4-5H2,1-3H3. The third-order valence-corrected chi connectivity index (χ3v) is 1.95. The van der Waals surface area contributed by atoms with Gasteiger partial charge in [0.25, 0.3) is 0 Å². The van der Waals surface area contributed by atoms with Gasteiger partial charge in [0.15, 0.2) is 0 Å². The van der Waals surface area contributed by atoms with Gasteiger partial charge in [-0.2, -0.15) is 0 Å². The number of ether oxygens (including phenoxy) is 2. The molecule has 0 aromatic rings. The Morgan fingerprint density at radius 2 is 2.42 bits per heavy atom. The molecule has 0 aromatic heterocycles. The fraction of sp³-hybridized carbons (Fsp3) is 0.875. The number of carbonyl (C=O) groups is 1. The van der Waals surface area contributed by atoms with Crippen molar-refractivity contribution in [2.75, 3.05) is 13.3 Å². The van der Waals surface area contributed by atoms with Crippen molar-refractivity contribution < 1.29 is 14.3 Å². The normalized spacial score (nSPS) is 27.1. The van der Waals surface area contributed by atoms with Crippen molar-refractivity contribution in [3.05, 3.63) is 0 Å². The molecule has 0 radical (unpaired) electrons. The molecule has 1 heterocycles. The van der Waals surface area contributed by atoms with Gasteiger partial charge in [-0.3, -0.25) is 10.1 Å². The lowest BCUT2D eigenvalue weighted by atomic mass is 10.0. The van der Waals surface area contributed by atoms with Gasteiger partial charge >= 0.3 is 5.97 Å². The summed E-state index contributed by atoms with van der Waals surface area (Å²) in [6.07, 6.45) is 0. The van der Waals surface area contributed by atoms with Gasteiger partial charge < -0.3 is 9.47 Å². The van der Waals surface area contributed by atoms with Gasteiger partial charge in [0.05, 0.1) is 18.9 Å². The highest BCUT2D eigenvalue weighted by atomic mass is 16.6. The molecular formula is C8H15NO3. The summed E-state index contributed by atoms with van der Waals surface area (Å²) in [5.74, 6) is -0.236. The summed E-state index contributed by atoms with van der Waals surface area (Å²) in [7, 11) is 0. The molecule has 12 heavy (non-hydrogen) atoms. The molecular weight excluding hydrogens is 158 g/mol. The third kappa shape index (κ3) is 1.76. The zero-order valence-electron chi connectivity index (χ0n) is 7.72. The van der Waals surface area contributed by atoms with E-state index in [-0.39, 0.29) is 12.0 Å². The molecule has 0 saturated carbocycles. The predicted octanol–water partition coefficient (Wildman–Crippen LogP) is 0.274. The van der Waals surface area contributed by atoms with E-state index in [0.717, 1.165) is 0 Å². The van der Waals surface area contributed by atoms with E-state index in [9.17, 15) is 4.79 Å². The molecule has 0 aromatic carbocycles. The fourth-order valence-electron chi connectivity index (χ4n) is 1.23. The fourth-order valence-corrected chi connectivity index (χ4v) is 1.23. The second kappa shape index (κ2) is 3.41. The number of nitrogens with one attached hydrogen (secondary N) is 1. The third-order valence-electron chi connectivity index (χ3n) is 1.95. The monoisotopic (exact) mass is 173 g/mol. The number of esters is 1. The number of carbonyl (C=O) groups excluding carboxylic acids is 1. The van der Waals surface area contributed by atoms with Crippen molar-refractivity contribution in [1.82, 2.24) is 5.32 Å². The Balaban J connectivity index is 2.56. The molecule has 1 aliphatic rings. The van der Waals surface area contributed by atoms with E-state index in [2.05, 4.69) is 5.32 Å². The van der Waals surface area contributed by atoms with E-state index in [1.54, 1.807) is 6.92 Å². The molecule has 0 aliphatic carbocycles. The number of rotatable bonds is 2. The Labute approximate surface area is 72.2 Å². The summed E-state index contributed by atoms with van der Waals surface area (Å²) in [6, 6.07) is -0.336. The van der Waals surface area contributed by atoms with Crippen LogP contribution < -0.4 is 5.32 Å². The maximum Gasteiger partial charge on any atom is 0.326 e. The predicted molar refractivity (Wildman–Crippen MR) is 43.6 cm³/mol. The van der Waals surface area contributed by atoms with Crippen LogP contribution in [0.4, 0.5) is 0 Å². The van der Waals surface area contributed by atoms with Crippen LogP contribution >= 0.6 is 0 Å². The Morgan fingerprint density at radius 1 is 1.75 bits per heavy atom. The summed E-state index contributed by atoms with van der Waals surface area (Å²) in [5.41, 5.74) is -0.452. The summed E-state index contributed by atoms with van der Waals surface area (Å²) in [5, 5.41) is 2.93. The molecule has 4 heteroatoms. The van der Waals surface area contributed by atoms with E-state index < -0.39 is 5.60 Å². The van der Waals surface area contributed by atoms with Crippen LogP contribution in [0.1, 0.15) is 20.8 Å². The zero-order valence-corrected chi connectivity index (χ0v) is 7.72. The Morgan fingerprint density at radius 3 is 2.83 bits per heavy atom. The van der Waals surface area contributed by atoms with E-state index in [0.29, 0.717) is 13.3 Å². The van der Waals surface area contributed by atoms with E-state index in [1.807, 2.05) is 13.8 Å². The van der Waals surface area contributed by atoms with Crippen LogP contribution in [0.5, 0.6) is 0 Å². The average molecular weight is 173 g/mol. The van der Waals surface area contributed by atoms with Crippen molar-refractivity contribution in [3.8, 4) is 0 Å². The van der Waals surface area contributed by atoms with Crippen LogP contribution in [0.3, 0.4) is 0 Å². The second-order valence-electron chi connectivity index (χ2n) is 3.28. The lowest BCUT2D eigenvalue weighted by Gasteiger charge is -2.22. The molecule has 1 N–H and O–H groups in total. The maximum atomic E-state index is 11.3. The average Bonchev–Trinajstić information content (AvgIpc) is 2.30. The molecule has 4 nitrogen and oxygen atoms in total. The number of hydrogen-bond acceptors (Lipinski definition) is 4. The summed E-state index contributed by atoms with van der Waals surface area (Å²) in [6.45, 7) is 6.35. The lowest BCUT2D eigenvalue weighted by molar-refractivity contribution is -0.148. The van der Waals surface area contributed by atoms with Crippen LogP contribution in [0.15, 0.2) is 0 Å². The summed E-state index contributed by atoms with van der Waals surface area (Å²) >= 11 is 0. The maximum absolute atomic E-state index is 11.3. The van der Waals surface area contributed by atoms with Gasteiger partial charge in [0.2, 0.25) is 0 Å². The summed E-state index contributed by atoms with van der Waals surface area (Å²) < 4.78 is 10.2. The van der Waals surface area contributed by atoms with Gasteiger partial charge in [-0.1, -0.05) is 0 Å². The SMILES string of the molecule is CCOC(=O)C1NCOC1(C)C. The van der Waals surface area contributed by atoms with E-state index in [4.69, 9.17) is 9.47 Å². The Kier molecular flexibility index (Phi) is 2.69. The minimum Gasteiger partial charge on any atom is -0.465 e. The van der Waals surface area contributed by atoms with Crippen molar-refractivity contribution in [2.24, 2.45) is 0 Å². The van der Waals surface area contributed by atoms with Crippen LogP contribution in [-0.4, -0.2) is 30.9 Å². The first-order valence-electron chi connectivity index (χ1n) is 4.12. The van der Waals surface area contributed by atoms with Crippen molar-refractivity contribution >= 4 is 5.97 Å². The molecule has 0 amide bonds. The van der Waals surface area contributed by atoms with Crippen LogP contribution in [0, 0.1) is 0 Å². The topological polar surface area (TPSA) is 47.6 Å². The molecule has 1 aliphatic heterocycles. The highest BCUT2D eigenvalue weighted by Gasteiger charge is 2.41. The van der Waals surface area contributed by atoms with Crippen molar-refractivity contribution in [1.29, 1.82) is 0 Å². The molecule has 1 atom stereocenters. The quantitative estimate of drug-likeness (QED) is 0.609. The Hall–Kier alpha value is -0.610. The molecule has 1 unspecified atom stereocenters.